The van der Waals surface area contributed by atoms with Gasteiger partial charge < -0.3 is 9.64 Å². The summed E-state index contributed by atoms with van der Waals surface area (Å²) < 4.78 is 28.6. The van der Waals surface area contributed by atoms with E-state index in [-0.39, 0.29) is 24.3 Å². The van der Waals surface area contributed by atoms with Crippen LogP contribution in [0.5, 0.6) is 5.75 Å². The summed E-state index contributed by atoms with van der Waals surface area (Å²) in [6, 6.07) is 9.41. The predicted octanol–water partition coefficient (Wildman–Crippen LogP) is 0.397. The van der Waals surface area contributed by atoms with Crippen molar-refractivity contribution in [1.29, 1.82) is 0 Å². The molecule has 0 radical (unpaired) electrons. The van der Waals surface area contributed by atoms with Gasteiger partial charge in [-0.3, -0.25) is 9.69 Å². The summed E-state index contributed by atoms with van der Waals surface area (Å²) in [4.78, 5) is 16.2. The minimum absolute atomic E-state index is 0.0208. The van der Waals surface area contributed by atoms with Crippen molar-refractivity contribution in [2.45, 2.75) is 12.5 Å². The zero-order chi connectivity index (χ0) is 16.3. The van der Waals surface area contributed by atoms with Crippen molar-refractivity contribution in [3.8, 4) is 5.75 Å². The maximum absolute atomic E-state index is 12.2. The molecular weight excluding hydrogens is 316 g/mol. The number of hydrogen-bond acceptors (Lipinski definition) is 5. The largest absolute Gasteiger partial charge is 0.484 e. The van der Waals surface area contributed by atoms with Crippen LogP contribution in [0.1, 0.15) is 6.42 Å². The van der Waals surface area contributed by atoms with Crippen LogP contribution in [0.25, 0.3) is 0 Å². The van der Waals surface area contributed by atoms with E-state index in [1.165, 1.54) is 0 Å². The van der Waals surface area contributed by atoms with Gasteiger partial charge in [0.1, 0.15) is 5.75 Å². The summed E-state index contributed by atoms with van der Waals surface area (Å²) >= 11 is 0. The van der Waals surface area contributed by atoms with Crippen LogP contribution < -0.4 is 4.74 Å². The second-order valence-corrected chi connectivity index (χ2v) is 8.30. The SMILES string of the molecule is O=C(COc1ccccc1)N1CCN([C@H]2CCS(=O)(=O)C2)CC1. The molecule has 1 aromatic carbocycles. The van der Waals surface area contributed by atoms with Crippen LogP contribution in [-0.2, 0) is 14.6 Å². The standard InChI is InChI=1S/C16H22N2O4S/c19-16(12-22-15-4-2-1-3-5-15)18-9-7-17(8-10-18)14-6-11-23(20,21)13-14/h1-5,14H,6-13H2/t14-/m0/s1. The van der Waals surface area contributed by atoms with Gasteiger partial charge in [0.2, 0.25) is 0 Å². The molecule has 0 aliphatic carbocycles. The summed E-state index contributed by atoms with van der Waals surface area (Å²) in [6.45, 7) is 2.78. The Hall–Kier alpha value is -1.60. The Morgan fingerprint density at radius 3 is 2.43 bits per heavy atom. The Labute approximate surface area is 136 Å². The summed E-state index contributed by atoms with van der Waals surface area (Å²) in [5.41, 5.74) is 0. The lowest BCUT2D eigenvalue weighted by Crippen LogP contribution is -2.53. The molecule has 2 saturated heterocycles. The molecule has 3 rings (SSSR count). The number of ether oxygens (including phenoxy) is 1. The molecule has 1 aromatic rings. The highest BCUT2D eigenvalue weighted by Crippen LogP contribution is 2.19. The van der Waals surface area contributed by atoms with E-state index in [9.17, 15) is 13.2 Å². The van der Waals surface area contributed by atoms with Crippen LogP contribution in [0.2, 0.25) is 0 Å². The van der Waals surface area contributed by atoms with Crippen LogP contribution in [0, 0.1) is 0 Å². The molecule has 0 bridgehead atoms. The number of hydrogen-bond donors (Lipinski definition) is 0. The molecule has 0 spiro atoms. The number of nitrogens with zero attached hydrogens (tertiary/aromatic N) is 2. The second-order valence-electron chi connectivity index (χ2n) is 6.08. The van der Waals surface area contributed by atoms with Crippen LogP contribution in [0.3, 0.4) is 0 Å². The van der Waals surface area contributed by atoms with Gasteiger partial charge in [0.25, 0.3) is 5.91 Å². The lowest BCUT2D eigenvalue weighted by Gasteiger charge is -2.37. The van der Waals surface area contributed by atoms with Gasteiger partial charge in [-0.15, -0.1) is 0 Å². The highest BCUT2D eigenvalue weighted by molar-refractivity contribution is 7.91. The first-order valence-electron chi connectivity index (χ1n) is 7.94. The van der Waals surface area contributed by atoms with E-state index >= 15 is 0 Å². The zero-order valence-corrected chi connectivity index (χ0v) is 13.9. The van der Waals surface area contributed by atoms with Gasteiger partial charge >= 0.3 is 0 Å². The molecule has 2 aliphatic heterocycles. The average Bonchev–Trinajstić information content (AvgIpc) is 2.94. The lowest BCUT2D eigenvalue weighted by atomic mass is 10.2. The van der Waals surface area contributed by atoms with Gasteiger partial charge in [-0.25, -0.2) is 8.42 Å². The van der Waals surface area contributed by atoms with E-state index in [4.69, 9.17) is 4.74 Å². The normalized spacial score (nSPS) is 24.5. The molecule has 2 heterocycles. The molecule has 7 heteroatoms. The third-order valence-electron chi connectivity index (χ3n) is 4.50. The fraction of sp³-hybridized carbons (Fsp3) is 0.562. The Kier molecular flexibility index (Phi) is 4.87. The molecule has 2 fully saturated rings. The van der Waals surface area contributed by atoms with Gasteiger partial charge in [-0.05, 0) is 18.6 Å². The first kappa shape index (κ1) is 16.3. The third-order valence-corrected chi connectivity index (χ3v) is 6.25. The highest BCUT2D eigenvalue weighted by atomic mass is 32.2. The predicted molar refractivity (Wildman–Crippen MR) is 87.1 cm³/mol. The van der Waals surface area contributed by atoms with Crippen molar-refractivity contribution in [2.75, 3.05) is 44.3 Å². The molecule has 2 aliphatic rings. The molecule has 23 heavy (non-hydrogen) atoms. The van der Waals surface area contributed by atoms with Crippen molar-refractivity contribution < 1.29 is 17.9 Å². The number of para-hydroxylation sites is 1. The summed E-state index contributed by atoms with van der Waals surface area (Å²) in [5, 5.41) is 0. The topological polar surface area (TPSA) is 66.9 Å². The lowest BCUT2D eigenvalue weighted by molar-refractivity contribution is -0.135. The smallest absolute Gasteiger partial charge is 0.260 e. The summed E-state index contributed by atoms with van der Waals surface area (Å²) in [7, 11) is -2.86. The molecule has 1 atom stereocenters. The number of benzene rings is 1. The number of carbonyl (C=O) groups is 1. The summed E-state index contributed by atoms with van der Waals surface area (Å²) in [5.74, 6) is 1.22. The quantitative estimate of drug-likeness (QED) is 0.795. The molecule has 126 valence electrons. The van der Waals surface area contributed by atoms with E-state index in [0.29, 0.717) is 31.0 Å². The van der Waals surface area contributed by atoms with Crippen LogP contribution in [0.4, 0.5) is 0 Å². The molecule has 6 nitrogen and oxygen atoms in total. The van der Waals surface area contributed by atoms with Crippen LogP contribution in [-0.4, -0.2) is 74.5 Å². The van der Waals surface area contributed by atoms with Gasteiger partial charge in [-0.2, -0.15) is 0 Å². The van der Waals surface area contributed by atoms with Crippen molar-refractivity contribution in [2.24, 2.45) is 0 Å². The molecule has 0 aromatic heterocycles. The van der Waals surface area contributed by atoms with Crippen molar-refractivity contribution in [3.63, 3.8) is 0 Å². The van der Waals surface area contributed by atoms with E-state index in [2.05, 4.69) is 4.90 Å². The average molecular weight is 338 g/mol. The molecule has 0 saturated carbocycles. The Morgan fingerprint density at radius 2 is 1.83 bits per heavy atom. The van der Waals surface area contributed by atoms with E-state index in [0.717, 1.165) is 13.1 Å². The minimum atomic E-state index is -2.86. The Morgan fingerprint density at radius 1 is 1.13 bits per heavy atom. The van der Waals surface area contributed by atoms with Crippen molar-refractivity contribution in [1.82, 2.24) is 9.80 Å². The Balaban J connectivity index is 1.44. The fourth-order valence-electron chi connectivity index (χ4n) is 3.15. The minimum Gasteiger partial charge on any atom is -0.484 e. The van der Waals surface area contributed by atoms with Crippen LogP contribution in [0.15, 0.2) is 30.3 Å². The number of rotatable bonds is 4. The number of amides is 1. The van der Waals surface area contributed by atoms with Gasteiger partial charge in [0.05, 0.1) is 11.5 Å². The van der Waals surface area contributed by atoms with Gasteiger partial charge in [0.15, 0.2) is 16.4 Å². The summed E-state index contributed by atoms with van der Waals surface area (Å²) in [6.07, 6.45) is 0.716. The number of sulfone groups is 1. The third kappa shape index (κ3) is 4.23. The van der Waals surface area contributed by atoms with Gasteiger partial charge in [0, 0.05) is 32.2 Å². The monoisotopic (exact) mass is 338 g/mol. The van der Waals surface area contributed by atoms with Crippen molar-refractivity contribution in [3.05, 3.63) is 30.3 Å². The first-order chi connectivity index (χ1) is 11.0. The molecule has 0 unspecified atom stereocenters. The van der Waals surface area contributed by atoms with E-state index < -0.39 is 9.84 Å². The van der Waals surface area contributed by atoms with E-state index in [1.54, 1.807) is 4.90 Å². The number of piperazine rings is 1. The van der Waals surface area contributed by atoms with Crippen molar-refractivity contribution >= 4 is 15.7 Å². The Bertz CT molecular complexity index is 639. The zero-order valence-electron chi connectivity index (χ0n) is 13.1. The van der Waals surface area contributed by atoms with Gasteiger partial charge in [-0.1, -0.05) is 18.2 Å². The molecular formula is C16H22N2O4S. The molecule has 1 amide bonds. The maximum Gasteiger partial charge on any atom is 0.260 e. The molecule has 0 N–H and O–H groups in total. The highest BCUT2D eigenvalue weighted by Gasteiger charge is 2.34. The maximum atomic E-state index is 12.2. The van der Waals surface area contributed by atoms with E-state index in [1.807, 2.05) is 30.3 Å². The number of carbonyl (C=O) groups excluding carboxylic acids is 1. The fourth-order valence-corrected chi connectivity index (χ4v) is 4.91. The second kappa shape index (κ2) is 6.88. The van der Waals surface area contributed by atoms with Crippen LogP contribution >= 0.6 is 0 Å². The first-order valence-corrected chi connectivity index (χ1v) is 9.76.